The fraction of sp³-hybridized carbons (Fsp3) is 0.417. The molecule has 1 saturated heterocycles. The molecule has 0 radical (unpaired) electrons. The Morgan fingerprint density at radius 1 is 1.18 bits per heavy atom. The van der Waals surface area contributed by atoms with Crippen LogP contribution < -0.4 is 5.32 Å². The van der Waals surface area contributed by atoms with Gasteiger partial charge >= 0.3 is 6.09 Å². The van der Waals surface area contributed by atoms with Crippen LogP contribution in [0, 0.1) is 0 Å². The molecule has 1 fully saturated rings. The van der Waals surface area contributed by atoms with Crippen LogP contribution in [0.15, 0.2) is 42.7 Å². The van der Waals surface area contributed by atoms with E-state index in [4.69, 9.17) is 4.74 Å². The summed E-state index contributed by atoms with van der Waals surface area (Å²) in [5.74, 6) is 1.04. The van der Waals surface area contributed by atoms with Crippen molar-refractivity contribution in [2.24, 2.45) is 0 Å². The Balaban J connectivity index is 1.51. The number of hydrogen-bond acceptors (Lipinski definition) is 7. The van der Waals surface area contributed by atoms with E-state index in [2.05, 4.69) is 20.6 Å². The van der Waals surface area contributed by atoms with Gasteiger partial charge in [0, 0.05) is 31.9 Å². The number of phenols is 1. The van der Waals surface area contributed by atoms with Gasteiger partial charge in [0.1, 0.15) is 17.0 Å². The number of carbonyl (C=O) groups is 1. The van der Waals surface area contributed by atoms with Crippen molar-refractivity contribution >= 4 is 11.9 Å². The molecule has 174 valence electrons. The number of amides is 1. The number of ether oxygens (including phenoxy) is 1. The third-order valence-corrected chi connectivity index (χ3v) is 5.66. The number of nitrogens with zero attached hydrogens (tertiary/aromatic N) is 5. The van der Waals surface area contributed by atoms with Crippen LogP contribution in [0.25, 0.3) is 16.9 Å². The minimum atomic E-state index is -0.492. The van der Waals surface area contributed by atoms with E-state index < -0.39 is 5.60 Å². The van der Waals surface area contributed by atoms with Crippen LogP contribution in [-0.4, -0.2) is 61.8 Å². The molecule has 1 aromatic carbocycles. The van der Waals surface area contributed by atoms with Gasteiger partial charge in [-0.1, -0.05) is 12.1 Å². The van der Waals surface area contributed by atoms with Gasteiger partial charge in [-0.15, -0.1) is 10.2 Å². The number of para-hydroxylation sites is 1. The number of rotatable bonds is 4. The van der Waals surface area contributed by atoms with Gasteiger partial charge in [0.2, 0.25) is 0 Å². The lowest BCUT2D eigenvalue weighted by Crippen LogP contribution is -2.41. The van der Waals surface area contributed by atoms with Crippen LogP contribution in [0.4, 0.5) is 10.6 Å². The molecule has 3 heterocycles. The summed E-state index contributed by atoms with van der Waals surface area (Å²) in [7, 11) is 1.78. The minimum Gasteiger partial charge on any atom is -0.507 e. The molecule has 3 aromatic rings. The van der Waals surface area contributed by atoms with Crippen molar-refractivity contribution in [2.75, 3.05) is 25.5 Å². The molecule has 2 N–H and O–H groups in total. The van der Waals surface area contributed by atoms with E-state index >= 15 is 0 Å². The van der Waals surface area contributed by atoms with Gasteiger partial charge in [-0.2, -0.15) is 5.10 Å². The summed E-state index contributed by atoms with van der Waals surface area (Å²) in [6, 6.07) is 8.89. The zero-order chi connectivity index (χ0) is 23.6. The largest absolute Gasteiger partial charge is 0.507 e. The molecule has 0 saturated carbocycles. The van der Waals surface area contributed by atoms with Crippen LogP contribution in [0.2, 0.25) is 0 Å². The van der Waals surface area contributed by atoms with Gasteiger partial charge in [0.05, 0.1) is 11.9 Å². The molecule has 0 atom stereocenters. The number of phenolic OH excluding ortho intramolecular Hbond substituents is 1. The van der Waals surface area contributed by atoms with Crippen molar-refractivity contribution in [3.05, 3.63) is 48.3 Å². The molecule has 1 aliphatic rings. The van der Waals surface area contributed by atoms with Gasteiger partial charge < -0.3 is 20.1 Å². The predicted molar refractivity (Wildman–Crippen MR) is 126 cm³/mol. The number of anilines is 1. The first-order valence-electron chi connectivity index (χ1n) is 11.1. The molecule has 33 heavy (non-hydrogen) atoms. The number of benzene rings is 1. The summed E-state index contributed by atoms with van der Waals surface area (Å²) >= 11 is 0. The molecule has 9 heteroatoms. The highest BCUT2D eigenvalue weighted by Crippen LogP contribution is 2.32. The maximum atomic E-state index is 12.3. The van der Waals surface area contributed by atoms with Crippen molar-refractivity contribution in [3.8, 4) is 22.7 Å². The van der Waals surface area contributed by atoms with Crippen molar-refractivity contribution in [1.29, 1.82) is 0 Å². The van der Waals surface area contributed by atoms with Gasteiger partial charge in [-0.05, 0) is 63.3 Å². The Labute approximate surface area is 193 Å². The summed E-state index contributed by atoms with van der Waals surface area (Å²) in [5.41, 5.74) is 2.53. The molecule has 1 aliphatic heterocycles. The minimum absolute atomic E-state index is 0.146. The van der Waals surface area contributed by atoms with E-state index in [0.29, 0.717) is 36.1 Å². The first-order chi connectivity index (χ1) is 15.7. The topological polar surface area (TPSA) is 105 Å². The lowest BCUT2D eigenvalue weighted by Gasteiger charge is -2.33. The molecule has 4 rings (SSSR count). The number of piperidine rings is 1. The van der Waals surface area contributed by atoms with Crippen LogP contribution in [0.3, 0.4) is 0 Å². The van der Waals surface area contributed by atoms with Crippen molar-refractivity contribution < 1.29 is 14.6 Å². The third kappa shape index (κ3) is 5.08. The maximum Gasteiger partial charge on any atom is 0.410 e. The summed E-state index contributed by atoms with van der Waals surface area (Å²) in [6.07, 6.45) is 5.31. The smallest absolute Gasteiger partial charge is 0.410 e. The van der Waals surface area contributed by atoms with E-state index in [1.165, 1.54) is 0 Å². The van der Waals surface area contributed by atoms with Crippen molar-refractivity contribution in [3.63, 3.8) is 0 Å². The molecule has 0 aliphatic carbocycles. The zero-order valence-electron chi connectivity index (χ0n) is 19.4. The van der Waals surface area contributed by atoms with E-state index in [-0.39, 0.29) is 11.8 Å². The quantitative estimate of drug-likeness (QED) is 0.614. The SMILES string of the molecule is CNc1nnc(-c2ccccc2O)cc1-n1cc(C2CCN(C(=O)OC(C)(C)C)CC2)cn1. The normalized spacial score (nSPS) is 14.8. The Morgan fingerprint density at radius 2 is 1.91 bits per heavy atom. The number of aromatic nitrogens is 4. The average Bonchev–Trinajstić information content (AvgIpc) is 3.28. The fourth-order valence-corrected chi connectivity index (χ4v) is 3.96. The fourth-order valence-electron chi connectivity index (χ4n) is 3.96. The van der Waals surface area contributed by atoms with E-state index in [9.17, 15) is 9.90 Å². The number of aromatic hydroxyl groups is 1. The number of nitrogens with one attached hydrogen (secondary N) is 1. The van der Waals surface area contributed by atoms with Gasteiger partial charge in [-0.25, -0.2) is 9.48 Å². The number of likely N-dealkylation sites (tertiary alicyclic amines) is 1. The molecule has 0 unspecified atom stereocenters. The third-order valence-electron chi connectivity index (χ3n) is 5.66. The maximum absolute atomic E-state index is 12.3. The van der Waals surface area contributed by atoms with Gasteiger partial charge in [-0.3, -0.25) is 0 Å². The van der Waals surface area contributed by atoms with Crippen LogP contribution >= 0.6 is 0 Å². The van der Waals surface area contributed by atoms with Crippen LogP contribution in [0.5, 0.6) is 5.75 Å². The Kier molecular flexibility index (Phi) is 6.22. The Morgan fingerprint density at radius 3 is 2.58 bits per heavy atom. The van der Waals surface area contributed by atoms with Crippen molar-refractivity contribution in [2.45, 2.75) is 45.1 Å². The summed E-state index contributed by atoms with van der Waals surface area (Å²) < 4.78 is 7.27. The molecular weight excluding hydrogens is 420 g/mol. The predicted octanol–water partition coefficient (Wildman–Crippen LogP) is 4.19. The van der Waals surface area contributed by atoms with E-state index in [0.717, 1.165) is 24.1 Å². The number of carbonyl (C=O) groups excluding carboxylic acids is 1. The highest BCUT2D eigenvalue weighted by atomic mass is 16.6. The standard InChI is InChI=1S/C24H30N6O3/c1-24(2,3)33-23(32)29-11-9-16(10-12-29)17-14-26-30(15-17)20-13-19(27-28-22(20)25-4)18-7-5-6-8-21(18)31/h5-8,13-16,31H,9-12H2,1-4H3,(H,25,28). The average molecular weight is 451 g/mol. The molecule has 9 nitrogen and oxygen atoms in total. The second kappa shape index (κ2) is 9.09. The zero-order valence-corrected chi connectivity index (χ0v) is 19.4. The highest BCUT2D eigenvalue weighted by molar-refractivity contribution is 5.70. The van der Waals surface area contributed by atoms with E-state index in [1.54, 1.807) is 34.8 Å². The van der Waals surface area contributed by atoms with E-state index in [1.807, 2.05) is 45.3 Å². The molecule has 2 aromatic heterocycles. The second-order valence-corrected chi connectivity index (χ2v) is 9.19. The molecule has 0 bridgehead atoms. The summed E-state index contributed by atoms with van der Waals surface area (Å²) in [6.45, 7) is 6.94. The Bertz CT molecular complexity index is 1130. The molecular formula is C24H30N6O3. The molecule has 0 spiro atoms. The first-order valence-corrected chi connectivity index (χ1v) is 11.1. The van der Waals surface area contributed by atoms with Gasteiger partial charge in [0.15, 0.2) is 5.82 Å². The number of hydrogen-bond donors (Lipinski definition) is 2. The van der Waals surface area contributed by atoms with Crippen LogP contribution in [-0.2, 0) is 4.74 Å². The lowest BCUT2D eigenvalue weighted by atomic mass is 9.92. The van der Waals surface area contributed by atoms with Crippen LogP contribution in [0.1, 0.15) is 45.1 Å². The monoisotopic (exact) mass is 450 g/mol. The summed E-state index contributed by atoms with van der Waals surface area (Å²) in [5, 5.41) is 26.4. The molecule has 1 amide bonds. The summed E-state index contributed by atoms with van der Waals surface area (Å²) in [4.78, 5) is 14.1. The first kappa shape index (κ1) is 22.6. The van der Waals surface area contributed by atoms with Crippen molar-refractivity contribution in [1.82, 2.24) is 24.9 Å². The highest BCUT2D eigenvalue weighted by Gasteiger charge is 2.28. The second-order valence-electron chi connectivity index (χ2n) is 9.19. The lowest BCUT2D eigenvalue weighted by molar-refractivity contribution is 0.0205. The Hall–Kier alpha value is -3.62. The van der Waals surface area contributed by atoms with Gasteiger partial charge in [0.25, 0.3) is 0 Å².